The van der Waals surface area contributed by atoms with Gasteiger partial charge in [-0.1, -0.05) is 26.0 Å². The fourth-order valence-corrected chi connectivity index (χ4v) is 6.45. The van der Waals surface area contributed by atoms with Crippen LogP contribution in [-0.2, 0) is 39.9 Å². The lowest BCUT2D eigenvalue weighted by Gasteiger charge is -2.60. The largest absolute Gasteiger partial charge is 0.494 e. The van der Waals surface area contributed by atoms with Gasteiger partial charge in [0.15, 0.2) is 18.2 Å². The van der Waals surface area contributed by atoms with Crippen LogP contribution in [0.2, 0.25) is 0 Å². The Morgan fingerprint density at radius 2 is 1.86 bits per heavy atom. The van der Waals surface area contributed by atoms with Gasteiger partial charge in [-0.2, -0.15) is 0 Å². The van der Waals surface area contributed by atoms with Crippen molar-refractivity contribution in [3.63, 3.8) is 0 Å². The summed E-state index contributed by atoms with van der Waals surface area (Å²) in [7, 11) is 1.39. The summed E-state index contributed by atoms with van der Waals surface area (Å²) in [6, 6.07) is 7.49. The van der Waals surface area contributed by atoms with Gasteiger partial charge in [0.1, 0.15) is 5.75 Å². The van der Waals surface area contributed by atoms with Crippen LogP contribution in [0, 0.1) is 23.7 Å². The smallest absolute Gasteiger partial charge is 0.309 e. The third-order valence-electron chi connectivity index (χ3n) is 8.44. The second kappa shape index (κ2) is 9.98. The van der Waals surface area contributed by atoms with Crippen molar-refractivity contribution in [2.75, 3.05) is 20.3 Å². The van der Waals surface area contributed by atoms with E-state index in [1.807, 2.05) is 31.2 Å². The molecule has 6 rings (SSSR count). The molecule has 1 unspecified atom stereocenters. The highest BCUT2D eigenvalue weighted by molar-refractivity contribution is 5.72. The maximum Gasteiger partial charge on any atom is 0.309 e. The van der Waals surface area contributed by atoms with Crippen LogP contribution < -0.4 is 4.74 Å². The minimum Gasteiger partial charge on any atom is -0.494 e. The van der Waals surface area contributed by atoms with Crippen molar-refractivity contribution in [3.8, 4) is 5.75 Å². The van der Waals surface area contributed by atoms with Gasteiger partial charge in [-0.15, -0.1) is 0 Å². The van der Waals surface area contributed by atoms with Gasteiger partial charge < -0.3 is 23.7 Å². The van der Waals surface area contributed by atoms with Gasteiger partial charge in [-0.05, 0) is 55.7 Å². The molecule has 8 nitrogen and oxygen atoms in total. The molecule has 5 aliphatic rings. The molecule has 0 radical (unpaired) electrons. The van der Waals surface area contributed by atoms with Gasteiger partial charge in [0.2, 0.25) is 5.79 Å². The lowest BCUT2D eigenvalue weighted by atomic mass is 9.58. The van der Waals surface area contributed by atoms with Gasteiger partial charge in [-0.25, -0.2) is 9.78 Å². The Balaban J connectivity index is 1.14. The number of methoxy groups -OCH3 is 1. The number of ether oxygens (including phenoxy) is 5. The van der Waals surface area contributed by atoms with Crippen LogP contribution in [0.15, 0.2) is 24.3 Å². The normalized spacial score (nSPS) is 40.0. The van der Waals surface area contributed by atoms with E-state index >= 15 is 0 Å². The number of carbonyl (C=O) groups excluding carboxylic acids is 1. The number of hydrogen-bond donors (Lipinski definition) is 0. The van der Waals surface area contributed by atoms with Crippen molar-refractivity contribution >= 4 is 5.97 Å². The molecule has 0 amide bonds. The number of esters is 1. The Kier molecular flexibility index (Phi) is 7.12. The number of carbonyl (C=O) groups is 1. The summed E-state index contributed by atoms with van der Waals surface area (Å²) in [5.74, 6) is 1.05. The summed E-state index contributed by atoms with van der Waals surface area (Å²) in [5, 5.41) is 0. The zero-order chi connectivity index (χ0) is 24.6. The van der Waals surface area contributed by atoms with E-state index in [9.17, 15) is 4.79 Å². The first-order valence-corrected chi connectivity index (χ1v) is 12.9. The van der Waals surface area contributed by atoms with Gasteiger partial charge in [0.05, 0.1) is 26.7 Å². The molecule has 8 heteroatoms. The van der Waals surface area contributed by atoms with Crippen molar-refractivity contribution in [1.29, 1.82) is 0 Å². The fourth-order valence-electron chi connectivity index (χ4n) is 6.45. The minimum absolute atomic E-state index is 0.166. The predicted octanol–water partition coefficient (Wildman–Crippen LogP) is 4.40. The average molecular weight is 491 g/mol. The summed E-state index contributed by atoms with van der Waals surface area (Å²) >= 11 is 0. The third kappa shape index (κ3) is 4.71. The lowest BCUT2D eigenvalue weighted by Crippen LogP contribution is -2.70. The van der Waals surface area contributed by atoms with Crippen LogP contribution in [0.4, 0.5) is 0 Å². The molecule has 4 heterocycles. The van der Waals surface area contributed by atoms with Crippen molar-refractivity contribution < 1.29 is 38.3 Å². The van der Waals surface area contributed by atoms with Crippen LogP contribution in [0.25, 0.3) is 0 Å². The summed E-state index contributed by atoms with van der Waals surface area (Å²) in [4.78, 5) is 23.4. The van der Waals surface area contributed by atoms with E-state index in [0.717, 1.165) is 37.0 Å². The van der Waals surface area contributed by atoms with Crippen LogP contribution in [0.1, 0.15) is 58.4 Å². The average Bonchev–Trinajstić information content (AvgIpc) is 3.08. The van der Waals surface area contributed by atoms with E-state index < -0.39 is 17.7 Å². The molecule has 194 valence electrons. The minimum atomic E-state index is -0.775. The van der Waals surface area contributed by atoms with Crippen molar-refractivity contribution in [1.82, 2.24) is 0 Å². The van der Waals surface area contributed by atoms with Crippen LogP contribution in [-0.4, -0.2) is 50.3 Å². The highest BCUT2D eigenvalue weighted by atomic mass is 17.3. The predicted molar refractivity (Wildman–Crippen MR) is 125 cm³/mol. The number of rotatable bonds is 8. The molecular weight excluding hydrogens is 452 g/mol. The molecule has 2 bridgehead atoms. The molecule has 0 aromatic heterocycles. The van der Waals surface area contributed by atoms with Gasteiger partial charge in [-0.3, -0.25) is 4.79 Å². The Bertz CT molecular complexity index is 890. The highest BCUT2D eigenvalue weighted by Gasteiger charge is 2.69. The fraction of sp³-hybridized carbons (Fsp3) is 0.741. The molecule has 8 atom stereocenters. The molecular formula is C27H38O8. The van der Waals surface area contributed by atoms with E-state index in [4.69, 9.17) is 33.5 Å². The maximum absolute atomic E-state index is 11.4. The summed E-state index contributed by atoms with van der Waals surface area (Å²) in [6.45, 7) is 7.50. The first-order chi connectivity index (χ1) is 16.8. The van der Waals surface area contributed by atoms with Crippen LogP contribution in [0.3, 0.4) is 0 Å². The van der Waals surface area contributed by atoms with E-state index in [-0.39, 0.29) is 30.5 Å². The SMILES string of the molecule is COC(=O)Cc1ccc(OCCCO[C@H]2O[C@@H]3O[C@@]4(C)CCC5[C@H](C)CC[C@@H]([C@H]2C)[C@]53OO4)cc1. The molecule has 0 N–H and O–H groups in total. The molecule has 35 heavy (non-hydrogen) atoms. The zero-order valence-electron chi connectivity index (χ0n) is 21.2. The first kappa shape index (κ1) is 25.0. The Morgan fingerprint density at radius 1 is 1.06 bits per heavy atom. The van der Waals surface area contributed by atoms with Crippen molar-refractivity contribution in [2.45, 2.75) is 83.3 Å². The monoisotopic (exact) mass is 490 g/mol. The van der Waals surface area contributed by atoms with Crippen molar-refractivity contribution in [2.24, 2.45) is 23.7 Å². The Morgan fingerprint density at radius 3 is 2.63 bits per heavy atom. The van der Waals surface area contributed by atoms with Gasteiger partial charge >= 0.3 is 5.97 Å². The summed E-state index contributed by atoms with van der Waals surface area (Å²) < 4.78 is 29.6. The van der Waals surface area contributed by atoms with Crippen LogP contribution in [0.5, 0.6) is 5.75 Å². The lowest BCUT2D eigenvalue weighted by molar-refractivity contribution is -0.577. The maximum atomic E-state index is 11.4. The molecule has 1 aliphatic carbocycles. The van der Waals surface area contributed by atoms with Gasteiger partial charge in [0, 0.05) is 24.7 Å². The van der Waals surface area contributed by atoms with E-state index in [1.54, 1.807) is 0 Å². The standard InChI is InChI=1S/C27H38O8/c1-17-6-11-22-18(2)24(32-25-27(22)21(17)12-13-26(3,33-25)34-35-27)31-15-5-14-30-20-9-7-19(8-10-20)16-23(28)29-4/h7-10,17-18,21-22,24-25H,5-6,11-16H2,1-4H3/t17-,18-,21?,22+,24+,25-,26-,27-/m1/s1. The topological polar surface area (TPSA) is 81.7 Å². The van der Waals surface area contributed by atoms with E-state index in [2.05, 4.69) is 13.8 Å². The molecule has 1 saturated carbocycles. The first-order valence-electron chi connectivity index (χ1n) is 12.9. The Hall–Kier alpha value is -1.71. The van der Waals surface area contributed by atoms with Crippen LogP contribution >= 0.6 is 0 Å². The quantitative estimate of drug-likeness (QED) is 0.301. The number of hydrogen-bond acceptors (Lipinski definition) is 8. The summed E-state index contributed by atoms with van der Waals surface area (Å²) in [5.41, 5.74) is 0.335. The molecule has 1 spiro atoms. The summed E-state index contributed by atoms with van der Waals surface area (Å²) in [6.07, 6.45) is 4.20. The molecule has 5 fully saturated rings. The van der Waals surface area contributed by atoms with Crippen molar-refractivity contribution in [3.05, 3.63) is 29.8 Å². The molecule has 1 aromatic carbocycles. The zero-order valence-corrected chi connectivity index (χ0v) is 21.2. The molecule has 1 aromatic rings. The number of benzene rings is 1. The molecule has 4 aliphatic heterocycles. The third-order valence-corrected chi connectivity index (χ3v) is 8.44. The second-order valence-electron chi connectivity index (χ2n) is 10.7. The van der Waals surface area contributed by atoms with Gasteiger partial charge in [0.25, 0.3) is 0 Å². The number of fused-ring (bicyclic) bond motifs is 2. The van der Waals surface area contributed by atoms with E-state index in [1.165, 1.54) is 13.5 Å². The highest BCUT2D eigenvalue weighted by Crippen LogP contribution is 2.60. The van der Waals surface area contributed by atoms with E-state index in [0.29, 0.717) is 25.0 Å². The second-order valence-corrected chi connectivity index (χ2v) is 10.7. The Labute approximate surface area is 207 Å². The molecule has 4 saturated heterocycles.